The maximum absolute atomic E-state index is 12.6. The molecule has 3 rings (SSSR count). The lowest BCUT2D eigenvalue weighted by atomic mass is 9.83. The molecule has 2 aromatic carbocycles. The summed E-state index contributed by atoms with van der Waals surface area (Å²) in [5.41, 5.74) is 6.96. The third kappa shape index (κ3) is 4.36. The van der Waals surface area contributed by atoms with Crippen LogP contribution < -0.4 is 10.5 Å². The van der Waals surface area contributed by atoms with Gasteiger partial charge in [-0.25, -0.2) is 4.79 Å². The number of esters is 1. The van der Waals surface area contributed by atoms with Crippen molar-refractivity contribution in [1.29, 1.82) is 5.26 Å². The van der Waals surface area contributed by atoms with Gasteiger partial charge in [0.25, 0.3) is 0 Å². The molecule has 1 atom stereocenters. The van der Waals surface area contributed by atoms with Crippen LogP contribution in [0.25, 0.3) is 0 Å². The molecule has 0 unspecified atom stereocenters. The molecule has 7 heteroatoms. The number of hydrogen-bond acceptors (Lipinski definition) is 6. The number of carbonyl (C=O) groups excluding carboxylic acids is 1. The van der Waals surface area contributed by atoms with Crippen molar-refractivity contribution in [3.05, 3.63) is 81.9 Å². The molecule has 0 aromatic heterocycles. The molecule has 0 aliphatic carbocycles. The predicted octanol–water partition coefficient (Wildman–Crippen LogP) is 4.78. The molecular formula is C22H19ClN2O4. The molecule has 1 aliphatic rings. The Labute approximate surface area is 173 Å². The summed E-state index contributed by atoms with van der Waals surface area (Å²) in [6.07, 6.45) is 0. The number of rotatable bonds is 5. The monoisotopic (exact) mass is 410 g/mol. The topological polar surface area (TPSA) is 94.6 Å². The highest BCUT2D eigenvalue weighted by Gasteiger charge is 2.36. The SMILES string of the molecule is CCOC(=O)C1=C(C)OC(N)=C(C#N)[C@H]1c1cccc(Oc2ccc(Cl)cc2)c1. The molecule has 29 heavy (non-hydrogen) atoms. The molecular weight excluding hydrogens is 392 g/mol. The Morgan fingerprint density at radius 3 is 2.62 bits per heavy atom. The van der Waals surface area contributed by atoms with Crippen molar-refractivity contribution >= 4 is 17.6 Å². The van der Waals surface area contributed by atoms with Gasteiger partial charge in [0.1, 0.15) is 28.9 Å². The van der Waals surface area contributed by atoms with E-state index in [2.05, 4.69) is 6.07 Å². The van der Waals surface area contributed by atoms with Gasteiger partial charge in [-0.05, 0) is 55.8 Å². The Bertz CT molecular complexity index is 1040. The summed E-state index contributed by atoms with van der Waals surface area (Å²) in [6.45, 7) is 3.53. The Morgan fingerprint density at radius 1 is 1.24 bits per heavy atom. The molecule has 0 saturated carbocycles. The van der Waals surface area contributed by atoms with E-state index in [1.54, 1.807) is 62.4 Å². The molecule has 1 heterocycles. The second-order valence-corrected chi connectivity index (χ2v) is 6.68. The van der Waals surface area contributed by atoms with Gasteiger partial charge in [0.2, 0.25) is 5.88 Å². The van der Waals surface area contributed by atoms with Gasteiger partial charge in [-0.2, -0.15) is 5.26 Å². The molecule has 0 spiro atoms. The Morgan fingerprint density at radius 2 is 1.97 bits per heavy atom. The normalized spacial score (nSPS) is 16.1. The highest BCUT2D eigenvalue weighted by molar-refractivity contribution is 6.30. The number of nitrogens with zero attached hydrogens (tertiary/aromatic N) is 1. The lowest BCUT2D eigenvalue weighted by Gasteiger charge is -2.27. The summed E-state index contributed by atoms with van der Waals surface area (Å²) in [5.74, 6) is 0.126. The molecule has 2 aromatic rings. The molecule has 0 saturated heterocycles. The second-order valence-electron chi connectivity index (χ2n) is 6.24. The summed E-state index contributed by atoms with van der Waals surface area (Å²) >= 11 is 5.91. The zero-order valence-electron chi connectivity index (χ0n) is 15.9. The fourth-order valence-corrected chi connectivity index (χ4v) is 3.21. The average molecular weight is 411 g/mol. The van der Waals surface area contributed by atoms with Crippen LogP contribution in [-0.4, -0.2) is 12.6 Å². The fourth-order valence-electron chi connectivity index (χ4n) is 3.08. The third-order valence-corrected chi connectivity index (χ3v) is 4.59. The van der Waals surface area contributed by atoms with E-state index in [0.717, 1.165) is 0 Å². The summed E-state index contributed by atoms with van der Waals surface area (Å²) in [5, 5.41) is 10.3. The van der Waals surface area contributed by atoms with Gasteiger partial charge in [0.05, 0.1) is 18.1 Å². The Balaban J connectivity index is 2.03. The van der Waals surface area contributed by atoms with Gasteiger partial charge in [-0.15, -0.1) is 0 Å². The van der Waals surface area contributed by atoms with Gasteiger partial charge in [0, 0.05) is 5.02 Å². The summed E-state index contributed by atoms with van der Waals surface area (Å²) in [6, 6.07) is 16.1. The van der Waals surface area contributed by atoms with Gasteiger partial charge in [-0.1, -0.05) is 23.7 Å². The zero-order chi connectivity index (χ0) is 21.0. The predicted molar refractivity (Wildman–Crippen MR) is 108 cm³/mol. The second kappa shape index (κ2) is 8.72. The maximum atomic E-state index is 12.6. The molecule has 0 amide bonds. The minimum Gasteiger partial charge on any atom is -0.463 e. The van der Waals surface area contributed by atoms with Crippen LogP contribution in [0.3, 0.4) is 0 Å². The summed E-state index contributed by atoms with van der Waals surface area (Å²) in [4.78, 5) is 12.6. The van der Waals surface area contributed by atoms with Gasteiger partial charge in [-0.3, -0.25) is 0 Å². The number of halogens is 1. The first-order valence-corrected chi connectivity index (χ1v) is 9.31. The largest absolute Gasteiger partial charge is 0.463 e. The van der Waals surface area contributed by atoms with Crippen molar-refractivity contribution in [2.24, 2.45) is 5.73 Å². The summed E-state index contributed by atoms with van der Waals surface area (Å²) < 4.78 is 16.5. The minimum absolute atomic E-state index is 0.0351. The Hall–Kier alpha value is -3.43. The molecule has 0 bridgehead atoms. The van der Waals surface area contributed by atoms with Crippen LogP contribution in [-0.2, 0) is 14.3 Å². The van der Waals surface area contributed by atoms with Gasteiger partial charge >= 0.3 is 5.97 Å². The van der Waals surface area contributed by atoms with E-state index in [1.807, 2.05) is 0 Å². The number of hydrogen-bond donors (Lipinski definition) is 1. The number of carbonyl (C=O) groups is 1. The van der Waals surface area contributed by atoms with Crippen LogP contribution in [0.5, 0.6) is 11.5 Å². The van der Waals surface area contributed by atoms with Gasteiger partial charge < -0.3 is 19.9 Å². The minimum atomic E-state index is -0.721. The van der Waals surface area contributed by atoms with Crippen molar-refractivity contribution in [2.45, 2.75) is 19.8 Å². The molecule has 6 nitrogen and oxygen atoms in total. The van der Waals surface area contributed by atoms with E-state index in [0.29, 0.717) is 27.8 Å². The lowest BCUT2D eigenvalue weighted by Crippen LogP contribution is -2.25. The first-order chi connectivity index (χ1) is 13.9. The van der Waals surface area contributed by atoms with E-state index < -0.39 is 11.9 Å². The zero-order valence-corrected chi connectivity index (χ0v) is 16.7. The standard InChI is InChI=1S/C22H19ClN2O4/c1-3-27-22(26)19-13(2)28-21(25)18(12-24)20(19)14-5-4-6-17(11-14)29-16-9-7-15(23)8-10-16/h4-11,20H,3,25H2,1-2H3/t20-/m1/s1. The number of nitrogens with two attached hydrogens (primary N) is 1. The lowest BCUT2D eigenvalue weighted by molar-refractivity contribution is -0.139. The Kier molecular flexibility index (Phi) is 6.10. The van der Waals surface area contributed by atoms with E-state index >= 15 is 0 Å². The van der Waals surface area contributed by atoms with Crippen molar-refractivity contribution in [3.63, 3.8) is 0 Å². The van der Waals surface area contributed by atoms with E-state index in [-0.39, 0.29) is 23.6 Å². The average Bonchev–Trinajstić information content (AvgIpc) is 2.69. The van der Waals surface area contributed by atoms with Crippen LogP contribution >= 0.6 is 11.6 Å². The van der Waals surface area contributed by atoms with Crippen LogP contribution in [0.1, 0.15) is 25.3 Å². The van der Waals surface area contributed by atoms with Crippen molar-refractivity contribution in [3.8, 4) is 17.6 Å². The van der Waals surface area contributed by atoms with Crippen LogP contribution in [0.2, 0.25) is 5.02 Å². The van der Waals surface area contributed by atoms with Crippen LogP contribution in [0.15, 0.2) is 71.3 Å². The molecule has 148 valence electrons. The number of ether oxygens (including phenoxy) is 3. The summed E-state index contributed by atoms with van der Waals surface area (Å²) in [7, 11) is 0. The third-order valence-electron chi connectivity index (χ3n) is 4.34. The van der Waals surface area contributed by atoms with Crippen molar-refractivity contribution in [2.75, 3.05) is 6.61 Å². The molecule has 0 fully saturated rings. The van der Waals surface area contributed by atoms with E-state index in [4.69, 9.17) is 31.5 Å². The number of allylic oxidation sites excluding steroid dienone is 2. The van der Waals surface area contributed by atoms with Crippen LogP contribution in [0, 0.1) is 11.3 Å². The van der Waals surface area contributed by atoms with E-state index in [9.17, 15) is 10.1 Å². The smallest absolute Gasteiger partial charge is 0.338 e. The highest BCUT2D eigenvalue weighted by atomic mass is 35.5. The molecule has 1 aliphatic heterocycles. The molecule has 0 radical (unpaired) electrons. The van der Waals surface area contributed by atoms with Crippen molar-refractivity contribution in [1.82, 2.24) is 0 Å². The fraction of sp³-hybridized carbons (Fsp3) is 0.182. The first kappa shape index (κ1) is 20.3. The number of nitriles is 1. The molecule has 2 N–H and O–H groups in total. The number of benzene rings is 2. The van der Waals surface area contributed by atoms with Gasteiger partial charge in [0.15, 0.2) is 0 Å². The maximum Gasteiger partial charge on any atom is 0.338 e. The quantitative estimate of drug-likeness (QED) is 0.713. The first-order valence-electron chi connectivity index (χ1n) is 8.93. The highest BCUT2D eigenvalue weighted by Crippen LogP contribution is 2.40. The van der Waals surface area contributed by atoms with Crippen molar-refractivity contribution < 1.29 is 19.0 Å². The van der Waals surface area contributed by atoms with E-state index in [1.165, 1.54) is 0 Å². The van der Waals surface area contributed by atoms with Crippen LogP contribution in [0.4, 0.5) is 0 Å².